The van der Waals surface area contributed by atoms with Crippen molar-refractivity contribution in [3.05, 3.63) is 58.6 Å². The Labute approximate surface area is 171 Å². The van der Waals surface area contributed by atoms with E-state index in [0.29, 0.717) is 12.8 Å². The van der Waals surface area contributed by atoms with Gasteiger partial charge in [-0.2, -0.15) is 0 Å². The number of allylic oxidation sites excluding steroid dienone is 4. The Bertz CT molecular complexity index is 1040. The van der Waals surface area contributed by atoms with Gasteiger partial charge < -0.3 is 9.47 Å². The van der Waals surface area contributed by atoms with Crippen molar-refractivity contribution in [2.24, 2.45) is 0 Å². The summed E-state index contributed by atoms with van der Waals surface area (Å²) in [5.74, 6) is 0.237. The summed E-state index contributed by atoms with van der Waals surface area (Å²) in [4.78, 5) is 28.5. The zero-order chi connectivity index (χ0) is 20.1. The van der Waals surface area contributed by atoms with Gasteiger partial charge in [0.15, 0.2) is 11.6 Å². The van der Waals surface area contributed by atoms with Gasteiger partial charge in [-0.05, 0) is 43.7 Å². The minimum Gasteiger partial charge on any atom is -0.351 e. The minimum atomic E-state index is -0.209. The van der Waals surface area contributed by atoms with Crippen LogP contribution in [-0.2, 0) is 16.1 Å². The highest BCUT2D eigenvalue weighted by atomic mass is 16.1. The molecule has 0 bridgehead atoms. The lowest BCUT2D eigenvalue weighted by Crippen LogP contribution is -2.37. The Balaban J connectivity index is 1.80. The molecule has 0 saturated carbocycles. The van der Waals surface area contributed by atoms with Crippen LogP contribution in [0.1, 0.15) is 63.4 Å². The third-order valence-electron chi connectivity index (χ3n) is 6.84. The molecule has 0 amide bonds. The number of nitrogens with zero attached hydrogens (tertiary/aromatic N) is 2. The molecule has 0 atom stereocenters. The number of Topliss-reactive ketones (excluding diaryl/α,β-unsaturated/α-hetero) is 2. The summed E-state index contributed by atoms with van der Waals surface area (Å²) in [5, 5.41) is 1.17. The molecule has 2 aliphatic carbocycles. The van der Waals surface area contributed by atoms with E-state index in [4.69, 9.17) is 0 Å². The molecule has 150 valence electrons. The topological polar surface area (TPSA) is 42.3 Å². The van der Waals surface area contributed by atoms with E-state index in [1.54, 1.807) is 0 Å². The molecule has 3 aliphatic rings. The Morgan fingerprint density at radius 1 is 0.931 bits per heavy atom. The van der Waals surface area contributed by atoms with E-state index < -0.39 is 0 Å². The maximum Gasteiger partial charge on any atom is 0.161 e. The van der Waals surface area contributed by atoms with E-state index in [-0.39, 0.29) is 17.5 Å². The van der Waals surface area contributed by atoms with Crippen molar-refractivity contribution in [3.63, 3.8) is 0 Å². The van der Waals surface area contributed by atoms with Gasteiger partial charge >= 0.3 is 0 Å². The monoisotopic (exact) mass is 388 g/mol. The van der Waals surface area contributed by atoms with Crippen LogP contribution in [0.3, 0.4) is 0 Å². The van der Waals surface area contributed by atoms with Gasteiger partial charge in [-0.25, -0.2) is 0 Å². The van der Waals surface area contributed by atoms with Crippen molar-refractivity contribution in [1.82, 2.24) is 9.47 Å². The van der Waals surface area contributed by atoms with Gasteiger partial charge in [0.1, 0.15) is 0 Å². The van der Waals surface area contributed by atoms with Gasteiger partial charge in [-0.3, -0.25) is 9.59 Å². The fourth-order valence-electron chi connectivity index (χ4n) is 5.59. The number of fused-ring (bicyclic) bond motifs is 1. The Morgan fingerprint density at radius 2 is 1.55 bits per heavy atom. The molecule has 0 fully saturated rings. The van der Waals surface area contributed by atoms with Crippen molar-refractivity contribution in [2.75, 3.05) is 7.05 Å². The smallest absolute Gasteiger partial charge is 0.161 e. The van der Waals surface area contributed by atoms with E-state index in [0.717, 1.165) is 66.8 Å². The van der Waals surface area contributed by atoms with Crippen molar-refractivity contribution in [3.8, 4) is 0 Å². The Hall–Kier alpha value is -2.62. The van der Waals surface area contributed by atoms with E-state index in [1.165, 1.54) is 10.9 Å². The lowest BCUT2D eigenvalue weighted by molar-refractivity contribution is -0.117. The molecule has 29 heavy (non-hydrogen) atoms. The molecule has 1 aromatic carbocycles. The lowest BCUT2D eigenvalue weighted by atomic mass is 9.71. The summed E-state index contributed by atoms with van der Waals surface area (Å²) >= 11 is 0. The molecule has 2 aromatic rings. The number of aryl methyl sites for hydroxylation is 1. The number of para-hydroxylation sites is 1. The predicted octanol–water partition coefficient (Wildman–Crippen LogP) is 5.09. The normalized spacial score (nSPS) is 20.6. The second-order valence-corrected chi connectivity index (χ2v) is 8.56. The molecule has 0 saturated heterocycles. The summed E-state index contributed by atoms with van der Waals surface area (Å²) in [6.45, 7) is 3.12. The quantitative estimate of drug-likeness (QED) is 0.735. The maximum atomic E-state index is 13.2. The molecule has 0 radical (unpaired) electrons. The molecule has 2 heterocycles. The molecular weight excluding hydrogens is 360 g/mol. The van der Waals surface area contributed by atoms with Crippen LogP contribution in [0.2, 0.25) is 0 Å². The number of rotatable bonds is 3. The largest absolute Gasteiger partial charge is 0.351 e. The van der Waals surface area contributed by atoms with Gasteiger partial charge in [0, 0.05) is 72.0 Å². The van der Waals surface area contributed by atoms with E-state index >= 15 is 0 Å². The van der Waals surface area contributed by atoms with Crippen molar-refractivity contribution in [1.29, 1.82) is 0 Å². The van der Waals surface area contributed by atoms with E-state index in [1.807, 2.05) is 0 Å². The second-order valence-electron chi connectivity index (χ2n) is 8.56. The van der Waals surface area contributed by atoms with Gasteiger partial charge in [0.2, 0.25) is 0 Å². The fourth-order valence-corrected chi connectivity index (χ4v) is 5.59. The molecule has 0 unspecified atom stereocenters. The first-order valence-corrected chi connectivity index (χ1v) is 11.0. The minimum absolute atomic E-state index is 0.209. The molecule has 4 heteroatoms. The highest BCUT2D eigenvalue weighted by Crippen LogP contribution is 2.50. The van der Waals surface area contributed by atoms with Crippen LogP contribution in [0, 0.1) is 0 Å². The summed E-state index contributed by atoms with van der Waals surface area (Å²) in [6, 6.07) is 8.43. The molecular formula is C25H28N2O2. The molecule has 1 aliphatic heterocycles. The number of aromatic nitrogens is 1. The van der Waals surface area contributed by atoms with Crippen LogP contribution in [-0.4, -0.2) is 28.1 Å². The van der Waals surface area contributed by atoms with Crippen molar-refractivity contribution < 1.29 is 9.59 Å². The standard InChI is InChI=1S/C25H28N2O2/c1-3-14-27-15-17(16-8-4-5-9-18(16)27)23-24-19(10-6-12-21(24)28)26(2)20-11-7-13-22(29)25(20)23/h4-5,8-9,15,23H,3,6-7,10-14H2,1-2H3. The van der Waals surface area contributed by atoms with Crippen LogP contribution in [0.15, 0.2) is 53.0 Å². The summed E-state index contributed by atoms with van der Waals surface area (Å²) < 4.78 is 2.30. The van der Waals surface area contributed by atoms with Gasteiger partial charge in [0.25, 0.3) is 0 Å². The SMILES string of the molecule is CCCn1cc(C2C3=C(CCCC3=O)N(C)C3=C2C(=O)CCC3)c2ccccc21. The fraction of sp³-hybridized carbons (Fsp3) is 0.440. The van der Waals surface area contributed by atoms with E-state index in [9.17, 15) is 9.59 Å². The van der Waals surface area contributed by atoms with Gasteiger partial charge in [0.05, 0.1) is 0 Å². The molecule has 1 aromatic heterocycles. The van der Waals surface area contributed by atoms with Crippen LogP contribution in [0.5, 0.6) is 0 Å². The zero-order valence-electron chi connectivity index (χ0n) is 17.3. The third kappa shape index (κ3) is 2.72. The molecule has 4 nitrogen and oxygen atoms in total. The highest BCUT2D eigenvalue weighted by Gasteiger charge is 2.43. The lowest BCUT2D eigenvalue weighted by Gasteiger charge is -2.42. The highest BCUT2D eigenvalue weighted by molar-refractivity contribution is 6.07. The molecule has 5 rings (SSSR count). The summed E-state index contributed by atoms with van der Waals surface area (Å²) in [7, 11) is 2.05. The maximum absolute atomic E-state index is 13.2. The average molecular weight is 389 g/mol. The molecule has 0 N–H and O–H groups in total. The number of hydrogen-bond acceptors (Lipinski definition) is 3. The predicted molar refractivity (Wildman–Crippen MR) is 115 cm³/mol. The number of hydrogen-bond donors (Lipinski definition) is 0. The number of benzene rings is 1. The van der Waals surface area contributed by atoms with E-state index in [2.05, 4.69) is 53.9 Å². The summed E-state index contributed by atoms with van der Waals surface area (Å²) in [5.41, 5.74) is 6.38. The van der Waals surface area contributed by atoms with Crippen LogP contribution < -0.4 is 0 Å². The van der Waals surface area contributed by atoms with Gasteiger partial charge in [-0.15, -0.1) is 0 Å². The first kappa shape index (κ1) is 18.4. The Kier molecular flexibility index (Phi) is 4.45. The zero-order valence-corrected chi connectivity index (χ0v) is 17.3. The van der Waals surface area contributed by atoms with Crippen LogP contribution in [0.4, 0.5) is 0 Å². The third-order valence-corrected chi connectivity index (χ3v) is 6.84. The van der Waals surface area contributed by atoms with Crippen molar-refractivity contribution >= 4 is 22.5 Å². The number of carbonyl (C=O) groups is 2. The van der Waals surface area contributed by atoms with Crippen LogP contribution >= 0.6 is 0 Å². The number of carbonyl (C=O) groups excluding carboxylic acids is 2. The van der Waals surface area contributed by atoms with Gasteiger partial charge in [-0.1, -0.05) is 25.1 Å². The second kappa shape index (κ2) is 7.01. The van der Waals surface area contributed by atoms with Crippen molar-refractivity contribution in [2.45, 2.75) is 64.3 Å². The average Bonchev–Trinajstić information content (AvgIpc) is 3.08. The first-order valence-electron chi connectivity index (χ1n) is 11.0. The number of ketones is 2. The Morgan fingerprint density at radius 3 is 2.17 bits per heavy atom. The summed E-state index contributed by atoms with van der Waals surface area (Å²) in [6.07, 6.45) is 8.10. The van der Waals surface area contributed by atoms with Crippen LogP contribution in [0.25, 0.3) is 10.9 Å². The molecule has 0 spiro atoms. The first-order chi connectivity index (χ1) is 14.1.